The molecule has 0 radical (unpaired) electrons. The predicted molar refractivity (Wildman–Crippen MR) is 71.8 cm³/mol. The van der Waals surface area contributed by atoms with Crippen LogP contribution in [-0.4, -0.2) is 24.0 Å². The molecule has 0 aliphatic heterocycles. The number of benzene rings is 1. The fourth-order valence-corrected chi connectivity index (χ4v) is 1.93. The number of Topliss-reactive ketones (excluding diaryl/α,β-unsaturated/α-hetero) is 1. The Balaban J connectivity index is 2.22. The Morgan fingerprint density at radius 1 is 1.33 bits per heavy atom. The van der Waals surface area contributed by atoms with E-state index < -0.39 is 0 Å². The molecular weight excluding hydrogens is 226 g/mol. The number of hydrogen-bond donors (Lipinski definition) is 0. The van der Waals surface area contributed by atoms with Crippen LogP contribution in [-0.2, 0) is 4.74 Å². The number of methoxy groups -OCH3 is 1. The van der Waals surface area contributed by atoms with E-state index in [-0.39, 0.29) is 11.9 Å². The van der Waals surface area contributed by atoms with Crippen molar-refractivity contribution in [2.24, 2.45) is 0 Å². The van der Waals surface area contributed by atoms with Crippen LogP contribution in [0.25, 0.3) is 10.9 Å². The van der Waals surface area contributed by atoms with Gasteiger partial charge in [0.05, 0.1) is 11.6 Å². The first-order valence-electron chi connectivity index (χ1n) is 6.12. The van der Waals surface area contributed by atoms with Gasteiger partial charge in [-0.3, -0.25) is 9.78 Å². The molecule has 94 valence electrons. The quantitative estimate of drug-likeness (QED) is 0.757. The first-order valence-corrected chi connectivity index (χ1v) is 6.12. The lowest BCUT2D eigenvalue weighted by atomic mass is 10.0. The van der Waals surface area contributed by atoms with Gasteiger partial charge < -0.3 is 4.74 Å². The third-order valence-electron chi connectivity index (χ3n) is 3.13. The molecule has 3 heteroatoms. The van der Waals surface area contributed by atoms with Crippen LogP contribution in [0.15, 0.2) is 36.5 Å². The van der Waals surface area contributed by atoms with Crippen molar-refractivity contribution in [3.05, 3.63) is 42.1 Å². The molecular formula is C15H17NO2. The molecule has 3 nitrogen and oxygen atoms in total. The number of nitrogens with zero attached hydrogens (tertiary/aromatic N) is 1. The summed E-state index contributed by atoms with van der Waals surface area (Å²) in [6.07, 6.45) is 3.10. The summed E-state index contributed by atoms with van der Waals surface area (Å²) in [7, 11) is 1.66. The van der Waals surface area contributed by atoms with Crippen molar-refractivity contribution in [3.8, 4) is 0 Å². The Morgan fingerprint density at radius 2 is 2.17 bits per heavy atom. The molecule has 0 bridgehead atoms. The summed E-state index contributed by atoms with van der Waals surface area (Å²) in [5.41, 5.74) is 1.62. The van der Waals surface area contributed by atoms with Gasteiger partial charge in [-0.25, -0.2) is 0 Å². The lowest BCUT2D eigenvalue weighted by Gasteiger charge is -2.09. The van der Waals surface area contributed by atoms with E-state index in [1.807, 2.05) is 37.3 Å². The van der Waals surface area contributed by atoms with Crippen molar-refractivity contribution < 1.29 is 9.53 Å². The van der Waals surface area contributed by atoms with Gasteiger partial charge in [0.25, 0.3) is 0 Å². The number of fused-ring (bicyclic) bond motifs is 1. The summed E-state index contributed by atoms with van der Waals surface area (Å²) in [5.74, 6) is 0.150. The van der Waals surface area contributed by atoms with E-state index in [9.17, 15) is 4.79 Å². The Morgan fingerprint density at radius 3 is 2.94 bits per heavy atom. The van der Waals surface area contributed by atoms with E-state index in [0.29, 0.717) is 6.42 Å². The summed E-state index contributed by atoms with van der Waals surface area (Å²) in [4.78, 5) is 16.5. The third kappa shape index (κ3) is 2.74. The lowest BCUT2D eigenvalue weighted by Crippen LogP contribution is -2.09. The SMILES string of the molecule is COC(C)CCC(=O)c1cccc2ncccc12. The van der Waals surface area contributed by atoms with Crippen molar-refractivity contribution >= 4 is 16.7 Å². The molecule has 0 fully saturated rings. The number of aromatic nitrogens is 1. The van der Waals surface area contributed by atoms with Crippen molar-refractivity contribution in [1.82, 2.24) is 4.98 Å². The monoisotopic (exact) mass is 243 g/mol. The number of pyridine rings is 1. The average Bonchev–Trinajstić information content (AvgIpc) is 2.43. The molecule has 1 unspecified atom stereocenters. The van der Waals surface area contributed by atoms with E-state index in [4.69, 9.17) is 4.74 Å². The first kappa shape index (κ1) is 12.7. The Hall–Kier alpha value is -1.74. The maximum atomic E-state index is 12.2. The topological polar surface area (TPSA) is 39.2 Å². The molecule has 0 aliphatic rings. The van der Waals surface area contributed by atoms with E-state index in [1.54, 1.807) is 13.3 Å². The van der Waals surface area contributed by atoms with Gasteiger partial charge in [0.1, 0.15) is 0 Å². The van der Waals surface area contributed by atoms with Crippen molar-refractivity contribution in [1.29, 1.82) is 0 Å². The lowest BCUT2D eigenvalue weighted by molar-refractivity contribution is 0.0879. The molecule has 1 heterocycles. The highest BCUT2D eigenvalue weighted by Crippen LogP contribution is 2.19. The van der Waals surface area contributed by atoms with E-state index in [0.717, 1.165) is 22.9 Å². The molecule has 0 saturated heterocycles. The second kappa shape index (κ2) is 5.74. The molecule has 1 atom stereocenters. The van der Waals surface area contributed by atoms with Crippen LogP contribution in [0.5, 0.6) is 0 Å². The van der Waals surface area contributed by atoms with E-state index in [2.05, 4.69) is 4.98 Å². The van der Waals surface area contributed by atoms with Gasteiger partial charge in [-0.15, -0.1) is 0 Å². The van der Waals surface area contributed by atoms with E-state index in [1.165, 1.54) is 0 Å². The van der Waals surface area contributed by atoms with Crippen LogP contribution in [0.4, 0.5) is 0 Å². The minimum Gasteiger partial charge on any atom is -0.382 e. The standard InChI is InChI=1S/C15H17NO2/c1-11(18-2)8-9-15(17)13-5-3-7-14-12(13)6-4-10-16-14/h3-7,10-11H,8-9H2,1-2H3. The second-order valence-corrected chi connectivity index (χ2v) is 4.38. The fourth-order valence-electron chi connectivity index (χ4n) is 1.93. The molecule has 0 aliphatic carbocycles. The normalized spacial score (nSPS) is 12.6. The molecule has 2 aromatic rings. The summed E-state index contributed by atoms with van der Waals surface area (Å²) in [6, 6.07) is 9.46. The Labute approximate surface area is 107 Å². The zero-order chi connectivity index (χ0) is 13.0. The molecule has 0 amide bonds. The maximum absolute atomic E-state index is 12.2. The summed E-state index contributed by atoms with van der Waals surface area (Å²) >= 11 is 0. The minimum atomic E-state index is 0.113. The molecule has 1 aromatic heterocycles. The van der Waals surface area contributed by atoms with Gasteiger partial charge in [0.15, 0.2) is 5.78 Å². The summed E-state index contributed by atoms with van der Waals surface area (Å²) in [6.45, 7) is 1.97. The number of ketones is 1. The van der Waals surface area contributed by atoms with Crippen molar-refractivity contribution in [2.45, 2.75) is 25.9 Å². The molecule has 2 rings (SSSR count). The van der Waals surface area contributed by atoms with Gasteiger partial charge in [-0.05, 0) is 25.5 Å². The zero-order valence-electron chi connectivity index (χ0n) is 10.7. The van der Waals surface area contributed by atoms with Crippen molar-refractivity contribution in [3.63, 3.8) is 0 Å². The van der Waals surface area contributed by atoms with Gasteiger partial charge in [0.2, 0.25) is 0 Å². The van der Waals surface area contributed by atoms with Gasteiger partial charge in [-0.1, -0.05) is 18.2 Å². The summed E-state index contributed by atoms with van der Waals surface area (Å²) < 4.78 is 5.16. The molecule has 0 N–H and O–H groups in total. The second-order valence-electron chi connectivity index (χ2n) is 4.38. The molecule has 0 saturated carbocycles. The highest BCUT2D eigenvalue weighted by Gasteiger charge is 2.11. The van der Waals surface area contributed by atoms with Gasteiger partial charge in [0, 0.05) is 30.7 Å². The number of carbonyl (C=O) groups excluding carboxylic acids is 1. The van der Waals surface area contributed by atoms with Crippen LogP contribution in [0.3, 0.4) is 0 Å². The average molecular weight is 243 g/mol. The van der Waals surface area contributed by atoms with Crippen LogP contribution in [0, 0.1) is 0 Å². The number of rotatable bonds is 5. The van der Waals surface area contributed by atoms with Crippen LogP contribution < -0.4 is 0 Å². The highest BCUT2D eigenvalue weighted by atomic mass is 16.5. The highest BCUT2D eigenvalue weighted by molar-refractivity contribution is 6.07. The zero-order valence-corrected chi connectivity index (χ0v) is 10.7. The van der Waals surface area contributed by atoms with E-state index >= 15 is 0 Å². The fraction of sp³-hybridized carbons (Fsp3) is 0.333. The van der Waals surface area contributed by atoms with Crippen molar-refractivity contribution in [2.75, 3.05) is 7.11 Å². The first-order chi connectivity index (χ1) is 8.72. The Kier molecular flexibility index (Phi) is 4.05. The molecule has 18 heavy (non-hydrogen) atoms. The number of carbonyl (C=O) groups is 1. The van der Waals surface area contributed by atoms with Crippen LogP contribution >= 0.6 is 0 Å². The minimum absolute atomic E-state index is 0.113. The number of ether oxygens (including phenoxy) is 1. The Bertz CT molecular complexity index is 546. The van der Waals surface area contributed by atoms with Crippen LogP contribution in [0.2, 0.25) is 0 Å². The maximum Gasteiger partial charge on any atom is 0.163 e. The predicted octanol–water partition coefficient (Wildman–Crippen LogP) is 3.23. The van der Waals surface area contributed by atoms with Gasteiger partial charge in [-0.2, -0.15) is 0 Å². The molecule has 0 spiro atoms. The van der Waals surface area contributed by atoms with Crippen LogP contribution in [0.1, 0.15) is 30.1 Å². The number of hydrogen-bond acceptors (Lipinski definition) is 3. The summed E-state index contributed by atoms with van der Waals surface area (Å²) in [5, 5.41) is 0.926. The largest absolute Gasteiger partial charge is 0.382 e. The molecule has 1 aromatic carbocycles. The van der Waals surface area contributed by atoms with Gasteiger partial charge >= 0.3 is 0 Å². The third-order valence-corrected chi connectivity index (χ3v) is 3.13. The smallest absolute Gasteiger partial charge is 0.163 e.